The third-order valence-electron chi connectivity index (χ3n) is 7.30. The van der Waals surface area contributed by atoms with Crippen LogP contribution in [0, 0.1) is 23.7 Å². The fourth-order valence-corrected chi connectivity index (χ4v) is 4.95. The first-order valence-electron chi connectivity index (χ1n) is 12.4. The van der Waals surface area contributed by atoms with Gasteiger partial charge < -0.3 is 14.8 Å². The second-order valence-corrected chi connectivity index (χ2v) is 10.5. The molecular formula is C30H37NO3. The van der Waals surface area contributed by atoms with E-state index in [1.807, 2.05) is 12.2 Å². The summed E-state index contributed by atoms with van der Waals surface area (Å²) in [5, 5.41) is 3.82. The number of fused-ring (bicyclic) bond motifs is 1. The van der Waals surface area contributed by atoms with Gasteiger partial charge in [0.25, 0.3) is 0 Å². The highest BCUT2D eigenvalue weighted by molar-refractivity contribution is 5.87. The van der Waals surface area contributed by atoms with Gasteiger partial charge in [-0.25, -0.2) is 4.79 Å². The molecule has 0 aromatic heterocycles. The molecule has 3 aliphatic rings. The van der Waals surface area contributed by atoms with Gasteiger partial charge in [-0.1, -0.05) is 50.0 Å². The van der Waals surface area contributed by atoms with Crippen molar-refractivity contribution in [2.24, 2.45) is 11.8 Å². The zero-order valence-electron chi connectivity index (χ0n) is 21.2. The maximum absolute atomic E-state index is 11.6. The van der Waals surface area contributed by atoms with Crippen molar-refractivity contribution >= 4 is 5.97 Å². The van der Waals surface area contributed by atoms with E-state index in [1.54, 1.807) is 14.0 Å². The number of nitrogens with one attached hydrogen (secondary N) is 1. The molecule has 1 fully saturated rings. The molecule has 3 aliphatic carbocycles. The smallest absolute Gasteiger partial charge is 0.333 e. The Morgan fingerprint density at radius 1 is 1.21 bits per heavy atom. The molecule has 1 saturated carbocycles. The lowest BCUT2D eigenvalue weighted by atomic mass is 9.70. The Morgan fingerprint density at radius 3 is 2.65 bits per heavy atom. The summed E-state index contributed by atoms with van der Waals surface area (Å²) in [6, 6.07) is 4.72. The van der Waals surface area contributed by atoms with Crippen LogP contribution >= 0.6 is 0 Å². The normalized spacial score (nSPS) is 23.3. The first-order chi connectivity index (χ1) is 16.3. The molecule has 0 aliphatic heterocycles. The van der Waals surface area contributed by atoms with Crippen molar-refractivity contribution in [2.45, 2.75) is 64.3 Å². The molecule has 1 aromatic carbocycles. The van der Waals surface area contributed by atoms with Gasteiger partial charge in [0, 0.05) is 28.3 Å². The number of hydrogen-bond donors (Lipinski definition) is 1. The lowest BCUT2D eigenvalue weighted by Gasteiger charge is -2.38. The van der Waals surface area contributed by atoms with Gasteiger partial charge in [-0.15, -0.1) is 0 Å². The molecule has 0 bridgehead atoms. The summed E-state index contributed by atoms with van der Waals surface area (Å²) in [7, 11) is 3.18. The average molecular weight is 460 g/mol. The molecule has 34 heavy (non-hydrogen) atoms. The SMILES string of the molecule is COC(=O)/C(C)=C/C1C=CC(C#Cc2cc(OC)c3c(c2)C(C)(C)CCC3NCC2CC2)=CC1. The minimum Gasteiger partial charge on any atom is -0.496 e. The van der Waals surface area contributed by atoms with E-state index in [9.17, 15) is 4.79 Å². The van der Waals surface area contributed by atoms with Crippen LogP contribution in [-0.4, -0.2) is 26.7 Å². The third-order valence-corrected chi connectivity index (χ3v) is 7.30. The number of esters is 1. The molecule has 2 unspecified atom stereocenters. The highest BCUT2D eigenvalue weighted by Crippen LogP contribution is 2.46. The predicted octanol–water partition coefficient (Wildman–Crippen LogP) is 5.78. The maximum Gasteiger partial charge on any atom is 0.333 e. The van der Waals surface area contributed by atoms with E-state index in [4.69, 9.17) is 9.47 Å². The van der Waals surface area contributed by atoms with Gasteiger partial charge in [-0.05, 0) is 80.5 Å². The quantitative estimate of drug-likeness (QED) is 0.333. The predicted molar refractivity (Wildman–Crippen MR) is 137 cm³/mol. The molecular weight excluding hydrogens is 422 g/mol. The number of rotatable bonds is 6. The van der Waals surface area contributed by atoms with Crippen LogP contribution in [0.25, 0.3) is 0 Å². The molecule has 4 rings (SSSR count). The van der Waals surface area contributed by atoms with Gasteiger partial charge in [0.15, 0.2) is 0 Å². The highest BCUT2D eigenvalue weighted by Gasteiger charge is 2.36. The molecule has 1 N–H and O–H groups in total. The summed E-state index contributed by atoms with van der Waals surface area (Å²) in [6.45, 7) is 7.55. The van der Waals surface area contributed by atoms with Crippen LogP contribution in [-0.2, 0) is 14.9 Å². The second-order valence-electron chi connectivity index (χ2n) is 10.5. The third kappa shape index (κ3) is 5.65. The fourth-order valence-electron chi connectivity index (χ4n) is 4.95. The molecule has 4 nitrogen and oxygen atoms in total. The number of benzene rings is 1. The lowest BCUT2D eigenvalue weighted by molar-refractivity contribution is -0.136. The van der Waals surface area contributed by atoms with Crippen LogP contribution in [0.15, 0.2) is 47.6 Å². The number of ether oxygens (including phenoxy) is 2. The van der Waals surface area contributed by atoms with Crippen LogP contribution in [0.1, 0.15) is 75.6 Å². The molecule has 180 valence electrons. The van der Waals surface area contributed by atoms with E-state index < -0.39 is 0 Å². The van der Waals surface area contributed by atoms with E-state index in [2.05, 4.69) is 55.3 Å². The number of allylic oxidation sites excluding steroid dienone is 5. The molecule has 0 radical (unpaired) electrons. The van der Waals surface area contributed by atoms with Gasteiger partial charge >= 0.3 is 5.97 Å². The van der Waals surface area contributed by atoms with Crippen molar-refractivity contribution in [2.75, 3.05) is 20.8 Å². The summed E-state index contributed by atoms with van der Waals surface area (Å²) >= 11 is 0. The number of carbonyl (C=O) groups excluding carboxylic acids is 1. The van der Waals surface area contributed by atoms with Crippen molar-refractivity contribution in [3.63, 3.8) is 0 Å². The van der Waals surface area contributed by atoms with E-state index in [1.165, 1.54) is 31.1 Å². The minimum atomic E-state index is -0.280. The largest absolute Gasteiger partial charge is 0.496 e. The van der Waals surface area contributed by atoms with Crippen LogP contribution < -0.4 is 10.1 Å². The molecule has 0 heterocycles. The Balaban J connectivity index is 1.54. The van der Waals surface area contributed by atoms with Gasteiger partial charge in [0.2, 0.25) is 0 Å². The summed E-state index contributed by atoms with van der Waals surface area (Å²) in [5.41, 5.74) is 5.39. The van der Waals surface area contributed by atoms with Gasteiger partial charge in [-0.3, -0.25) is 0 Å². The van der Waals surface area contributed by atoms with E-state index in [0.29, 0.717) is 11.6 Å². The molecule has 1 aromatic rings. The zero-order chi connectivity index (χ0) is 24.3. The minimum absolute atomic E-state index is 0.0964. The van der Waals surface area contributed by atoms with Crippen LogP contribution in [0.3, 0.4) is 0 Å². The molecule has 0 saturated heterocycles. The Kier molecular flexibility index (Phi) is 7.33. The number of methoxy groups -OCH3 is 2. The Morgan fingerprint density at radius 2 is 2.00 bits per heavy atom. The Bertz CT molecular complexity index is 1090. The fraction of sp³-hybridized carbons (Fsp3) is 0.500. The zero-order valence-corrected chi connectivity index (χ0v) is 21.2. The lowest BCUT2D eigenvalue weighted by Crippen LogP contribution is -2.34. The van der Waals surface area contributed by atoms with E-state index in [-0.39, 0.29) is 17.3 Å². The van der Waals surface area contributed by atoms with Crippen LogP contribution in [0.5, 0.6) is 5.75 Å². The highest BCUT2D eigenvalue weighted by atomic mass is 16.5. The first-order valence-corrected chi connectivity index (χ1v) is 12.4. The second kappa shape index (κ2) is 10.2. The molecule has 4 heteroatoms. The van der Waals surface area contributed by atoms with Crippen molar-refractivity contribution in [1.82, 2.24) is 5.32 Å². The summed E-state index contributed by atoms with van der Waals surface area (Å²) in [4.78, 5) is 11.6. The van der Waals surface area contributed by atoms with Crippen molar-refractivity contribution in [3.05, 3.63) is 64.3 Å². The molecule has 0 spiro atoms. The Labute approximate surface area is 204 Å². The molecule has 2 atom stereocenters. The topological polar surface area (TPSA) is 47.6 Å². The summed E-state index contributed by atoms with van der Waals surface area (Å²) in [5.74, 6) is 8.41. The van der Waals surface area contributed by atoms with Crippen LogP contribution in [0.2, 0.25) is 0 Å². The van der Waals surface area contributed by atoms with Gasteiger partial charge in [-0.2, -0.15) is 0 Å². The maximum atomic E-state index is 11.6. The summed E-state index contributed by atoms with van der Waals surface area (Å²) in [6.07, 6.45) is 14.1. The monoisotopic (exact) mass is 459 g/mol. The van der Waals surface area contributed by atoms with Crippen molar-refractivity contribution in [3.8, 4) is 17.6 Å². The average Bonchev–Trinajstić information content (AvgIpc) is 3.67. The van der Waals surface area contributed by atoms with Gasteiger partial charge in [0.05, 0.1) is 14.2 Å². The van der Waals surface area contributed by atoms with Crippen molar-refractivity contribution in [1.29, 1.82) is 0 Å². The van der Waals surface area contributed by atoms with E-state index >= 15 is 0 Å². The Hall–Kier alpha value is -2.77. The van der Waals surface area contributed by atoms with E-state index in [0.717, 1.165) is 48.6 Å². The standard InChI is InChI=1S/C30H37NO3/c1-20(29(32)34-5)16-22-9-6-21(7-10-22)8-13-24-17-25-28(27(18-24)33-4)26(14-15-30(25,2)3)31-19-23-11-12-23/h6-7,9,16-18,22-23,26,31H,10-12,14-15,19H2,1-5H3/b20-16+. The molecule has 0 amide bonds. The summed E-state index contributed by atoms with van der Waals surface area (Å²) < 4.78 is 10.7. The van der Waals surface area contributed by atoms with Crippen molar-refractivity contribution < 1.29 is 14.3 Å². The first kappa shape index (κ1) is 24.4. The number of carbonyl (C=O) groups is 1. The van der Waals surface area contributed by atoms with Gasteiger partial charge in [0.1, 0.15) is 5.75 Å². The van der Waals surface area contributed by atoms with Crippen LogP contribution in [0.4, 0.5) is 0 Å². The number of hydrogen-bond acceptors (Lipinski definition) is 4.